The molecule has 0 bridgehead atoms. The summed E-state index contributed by atoms with van der Waals surface area (Å²) in [6.45, 7) is 1.28. The van der Waals surface area contributed by atoms with Gasteiger partial charge in [-0.25, -0.2) is 4.39 Å². The Morgan fingerprint density at radius 3 is 2.75 bits per heavy atom. The first-order chi connectivity index (χ1) is 13.6. The van der Waals surface area contributed by atoms with Gasteiger partial charge in [-0.05, 0) is 43.0 Å². The van der Waals surface area contributed by atoms with Crippen molar-refractivity contribution < 1.29 is 13.9 Å². The van der Waals surface area contributed by atoms with Gasteiger partial charge in [-0.15, -0.1) is 0 Å². The number of nitrogens with one attached hydrogen (secondary N) is 3. The van der Waals surface area contributed by atoms with Gasteiger partial charge in [0, 0.05) is 24.8 Å². The van der Waals surface area contributed by atoms with E-state index in [2.05, 4.69) is 20.9 Å². The molecule has 1 aliphatic rings. The monoisotopic (exact) mass is 384 g/mol. The topological polar surface area (TPSA) is 74.8 Å². The van der Waals surface area contributed by atoms with Crippen molar-refractivity contribution >= 4 is 17.6 Å². The second-order valence-corrected chi connectivity index (χ2v) is 6.70. The lowest BCUT2D eigenvalue weighted by molar-refractivity contribution is -0.115. The van der Waals surface area contributed by atoms with Gasteiger partial charge >= 0.3 is 0 Å². The summed E-state index contributed by atoms with van der Waals surface area (Å²) in [4.78, 5) is 16.2. The molecule has 28 heavy (non-hydrogen) atoms. The number of carbonyl (C=O) groups excluding carboxylic acids is 1. The maximum atomic E-state index is 13.2. The van der Waals surface area contributed by atoms with E-state index in [4.69, 9.17) is 4.74 Å². The average Bonchev–Trinajstić information content (AvgIpc) is 3.52. The van der Waals surface area contributed by atoms with Gasteiger partial charge in [0.25, 0.3) is 0 Å². The number of anilines is 1. The van der Waals surface area contributed by atoms with E-state index in [1.807, 2.05) is 24.3 Å². The molecule has 2 aromatic carbocycles. The second kappa shape index (κ2) is 9.73. The van der Waals surface area contributed by atoms with E-state index in [0.29, 0.717) is 24.1 Å². The SMILES string of the molecule is CN=C(NCC(=O)Nc1cccc(F)c1)NCc1ccccc1OCC1CC1. The van der Waals surface area contributed by atoms with Crippen LogP contribution in [0.5, 0.6) is 5.75 Å². The number of carbonyl (C=O) groups is 1. The molecule has 7 heteroatoms. The molecule has 0 unspecified atom stereocenters. The van der Waals surface area contributed by atoms with Crippen molar-refractivity contribution in [2.75, 3.05) is 25.5 Å². The van der Waals surface area contributed by atoms with Crippen LogP contribution < -0.4 is 20.7 Å². The molecule has 0 spiro atoms. The van der Waals surface area contributed by atoms with Crippen LogP contribution in [0.4, 0.5) is 10.1 Å². The van der Waals surface area contributed by atoms with Crippen molar-refractivity contribution in [1.82, 2.24) is 10.6 Å². The third kappa shape index (κ3) is 6.26. The molecule has 6 nitrogen and oxygen atoms in total. The quantitative estimate of drug-likeness (QED) is 0.483. The first kappa shape index (κ1) is 19.7. The molecule has 3 rings (SSSR count). The van der Waals surface area contributed by atoms with Gasteiger partial charge in [0.1, 0.15) is 11.6 Å². The Kier molecular flexibility index (Phi) is 6.84. The molecule has 0 heterocycles. The van der Waals surface area contributed by atoms with Crippen molar-refractivity contribution in [3.63, 3.8) is 0 Å². The van der Waals surface area contributed by atoms with E-state index >= 15 is 0 Å². The number of benzene rings is 2. The molecule has 0 radical (unpaired) electrons. The van der Waals surface area contributed by atoms with Crippen molar-refractivity contribution in [1.29, 1.82) is 0 Å². The lowest BCUT2D eigenvalue weighted by Gasteiger charge is -2.15. The number of aliphatic imine (C=N–C) groups is 1. The minimum Gasteiger partial charge on any atom is -0.493 e. The minimum atomic E-state index is -0.397. The number of hydrogen-bond acceptors (Lipinski definition) is 3. The standard InChI is InChI=1S/C21H25FN4O2/c1-23-21(25-13-20(27)26-18-7-4-6-17(22)11-18)24-12-16-5-2-3-8-19(16)28-14-15-9-10-15/h2-8,11,15H,9-10,12-14H2,1H3,(H,26,27)(H2,23,24,25). The first-order valence-electron chi connectivity index (χ1n) is 9.34. The van der Waals surface area contributed by atoms with Crippen molar-refractivity contribution in [3.8, 4) is 5.75 Å². The maximum absolute atomic E-state index is 13.2. The predicted octanol–water partition coefficient (Wildman–Crippen LogP) is 2.92. The molecule has 1 aliphatic carbocycles. The number of hydrogen-bond donors (Lipinski definition) is 3. The number of rotatable bonds is 8. The average molecular weight is 384 g/mol. The van der Waals surface area contributed by atoms with Gasteiger partial charge in [0.15, 0.2) is 5.96 Å². The summed E-state index contributed by atoms with van der Waals surface area (Å²) in [5, 5.41) is 8.76. The van der Waals surface area contributed by atoms with E-state index in [1.165, 1.54) is 25.0 Å². The predicted molar refractivity (Wildman–Crippen MR) is 108 cm³/mol. The molecule has 3 N–H and O–H groups in total. The molecule has 0 aliphatic heterocycles. The second-order valence-electron chi connectivity index (χ2n) is 6.70. The highest BCUT2D eigenvalue weighted by atomic mass is 19.1. The summed E-state index contributed by atoms with van der Waals surface area (Å²) >= 11 is 0. The number of para-hydroxylation sites is 1. The highest BCUT2D eigenvalue weighted by Gasteiger charge is 2.22. The van der Waals surface area contributed by atoms with Gasteiger partial charge in [-0.1, -0.05) is 24.3 Å². The summed E-state index contributed by atoms with van der Waals surface area (Å²) in [6.07, 6.45) is 2.49. The number of guanidine groups is 1. The minimum absolute atomic E-state index is 0.00993. The molecule has 1 saturated carbocycles. The van der Waals surface area contributed by atoms with Crippen molar-refractivity contribution in [3.05, 3.63) is 59.9 Å². The van der Waals surface area contributed by atoms with Gasteiger partial charge < -0.3 is 20.7 Å². The van der Waals surface area contributed by atoms with Gasteiger partial charge in [0.05, 0.1) is 13.2 Å². The zero-order chi connectivity index (χ0) is 19.8. The smallest absolute Gasteiger partial charge is 0.243 e. The van der Waals surface area contributed by atoms with Crippen LogP contribution in [-0.2, 0) is 11.3 Å². The summed E-state index contributed by atoms with van der Waals surface area (Å²) < 4.78 is 19.1. The Hall–Kier alpha value is -3.09. The Balaban J connectivity index is 1.46. The Morgan fingerprint density at radius 2 is 2.00 bits per heavy atom. The third-order valence-corrected chi connectivity index (χ3v) is 4.34. The molecule has 0 atom stereocenters. The number of nitrogens with zero attached hydrogens (tertiary/aromatic N) is 1. The first-order valence-corrected chi connectivity index (χ1v) is 9.34. The number of amides is 1. The van der Waals surface area contributed by atoms with Gasteiger partial charge in [0.2, 0.25) is 5.91 Å². The normalized spacial score (nSPS) is 13.7. The van der Waals surface area contributed by atoms with Crippen LogP contribution in [0, 0.1) is 11.7 Å². The summed E-state index contributed by atoms with van der Waals surface area (Å²) in [6, 6.07) is 13.6. The number of halogens is 1. The highest BCUT2D eigenvalue weighted by Crippen LogP contribution is 2.30. The number of ether oxygens (including phenoxy) is 1. The van der Waals surface area contributed by atoms with Gasteiger partial charge in [-0.3, -0.25) is 9.79 Å². The molecule has 1 fully saturated rings. The van der Waals surface area contributed by atoms with Crippen LogP contribution in [0.25, 0.3) is 0 Å². The van der Waals surface area contributed by atoms with Gasteiger partial charge in [-0.2, -0.15) is 0 Å². The zero-order valence-electron chi connectivity index (χ0n) is 15.9. The molecule has 0 aromatic heterocycles. The largest absolute Gasteiger partial charge is 0.493 e. The zero-order valence-corrected chi connectivity index (χ0v) is 15.9. The van der Waals surface area contributed by atoms with E-state index in [1.54, 1.807) is 19.2 Å². The molecule has 0 saturated heterocycles. The lowest BCUT2D eigenvalue weighted by atomic mass is 10.2. The van der Waals surface area contributed by atoms with E-state index in [-0.39, 0.29) is 12.5 Å². The van der Waals surface area contributed by atoms with Crippen LogP contribution >= 0.6 is 0 Å². The molecular weight excluding hydrogens is 359 g/mol. The summed E-state index contributed by atoms with van der Waals surface area (Å²) in [7, 11) is 1.63. The Labute approximate surface area is 164 Å². The lowest BCUT2D eigenvalue weighted by Crippen LogP contribution is -2.41. The summed E-state index contributed by atoms with van der Waals surface area (Å²) in [5.74, 6) is 1.35. The molecular formula is C21H25FN4O2. The van der Waals surface area contributed by atoms with Crippen molar-refractivity contribution in [2.24, 2.45) is 10.9 Å². The fraction of sp³-hybridized carbons (Fsp3) is 0.333. The molecule has 148 valence electrons. The fourth-order valence-corrected chi connectivity index (χ4v) is 2.62. The third-order valence-electron chi connectivity index (χ3n) is 4.34. The summed E-state index contributed by atoms with van der Waals surface area (Å²) in [5.41, 5.74) is 1.44. The van der Waals surface area contributed by atoms with E-state index in [0.717, 1.165) is 17.9 Å². The van der Waals surface area contributed by atoms with Crippen LogP contribution in [0.3, 0.4) is 0 Å². The van der Waals surface area contributed by atoms with Crippen LogP contribution in [-0.4, -0.2) is 32.1 Å². The Morgan fingerprint density at radius 1 is 1.18 bits per heavy atom. The molecule has 2 aromatic rings. The fourth-order valence-electron chi connectivity index (χ4n) is 2.62. The van der Waals surface area contributed by atoms with E-state index < -0.39 is 5.82 Å². The van der Waals surface area contributed by atoms with Crippen LogP contribution in [0.1, 0.15) is 18.4 Å². The van der Waals surface area contributed by atoms with Crippen LogP contribution in [0.2, 0.25) is 0 Å². The van der Waals surface area contributed by atoms with Crippen molar-refractivity contribution in [2.45, 2.75) is 19.4 Å². The molecule has 1 amide bonds. The Bertz CT molecular complexity index is 837. The van der Waals surface area contributed by atoms with Crippen LogP contribution in [0.15, 0.2) is 53.5 Å². The van der Waals surface area contributed by atoms with E-state index in [9.17, 15) is 9.18 Å². The maximum Gasteiger partial charge on any atom is 0.243 e. The highest BCUT2D eigenvalue weighted by molar-refractivity contribution is 5.94.